The van der Waals surface area contributed by atoms with Gasteiger partial charge in [0.25, 0.3) is 0 Å². The number of nitrogens with one attached hydrogen (secondary N) is 1. The quantitative estimate of drug-likeness (QED) is 0.603. The maximum absolute atomic E-state index is 5.72. The summed E-state index contributed by atoms with van der Waals surface area (Å²) in [5.41, 5.74) is 1.37. The van der Waals surface area contributed by atoms with Crippen LogP contribution < -0.4 is 5.32 Å². The minimum Gasteiger partial charge on any atom is -0.372 e. The van der Waals surface area contributed by atoms with Crippen LogP contribution in [-0.2, 0) is 4.74 Å². The Kier molecular flexibility index (Phi) is 3.29. The van der Waals surface area contributed by atoms with Crippen LogP contribution in [0.1, 0.15) is 27.7 Å². The Morgan fingerprint density at radius 2 is 2.17 bits per heavy atom. The van der Waals surface area contributed by atoms with E-state index in [1.807, 2.05) is 0 Å². The van der Waals surface area contributed by atoms with Gasteiger partial charge >= 0.3 is 0 Å². The van der Waals surface area contributed by atoms with Crippen molar-refractivity contribution in [1.82, 2.24) is 5.32 Å². The highest BCUT2D eigenvalue weighted by molar-refractivity contribution is 5.10. The van der Waals surface area contributed by atoms with E-state index in [0.717, 1.165) is 6.54 Å². The third-order valence-electron chi connectivity index (χ3n) is 2.49. The van der Waals surface area contributed by atoms with Gasteiger partial charge in [0.2, 0.25) is 0 Å². The molecule has 12 heavy (non-hydrogen) atoms. The average Bonchev–Trinajstić information content (AvgIpc) is 2.03. The van der Waals surface area contributed by atoms with E-state index in [-0.39, 0.29) is 0 Å². The molecular formula is C10H19NO. The van der Waals surface area contributed by atoms with Crippen molar-refractivity contribution < 1.29 is 4.74 Å². The van der Waals surface area contributed by atoms with E-state index in [4.69, 9.17) is 4.74 Å². The second-order valence-electron chi connectivity index (χ2n) is 3.57. The molecule has 0 aromatic carbocycles. The van der Waals surface area contributed by atoms with E-state index in [1.54, 1.807) is 0 Å². The molecule has 1 aliphatic rings. The Labute approximate surface area is 75.0 Å². The Hall–Kier alpha value is -0.340. The van der Waals surface area contributed by atoms with Crippen molar-refractivity contribution in [3.63, 3.8) is 0 Å². The van der Waals surface area contributed by atoms with Crippen molar-refractivity contribution in [2.75, 3.05) is 6.54 Å². The Balaban J connectivity index is 2.56. The molecule has 1 fully saturated rings. The highest BCUT2D eigenvalue weighted by atomic mass is 16.5. The molecule has 1 aliphatic heterocycles. The van der Waals surface area contributed by atoms with Gasteiger partial charge in [-0.15, -0.1) is 0 Å². The van der Waals surface area contributed by atoms with Gasteiger partial charge in [-0.1, -0.05) is 11.6 Å². The lowest BCUT2D eigenvalue weighted by Crippen LogP contribution is -2.50. The molecular weight excluding hydrogens is 150 g/mol. The van der Waals surface area contributed by atoms with Gasteiger partial charge in [0.1, 0.15) is 0 Å². The number of morpholine rings is 1. The third kappa shape index (κ3) is 2.08. The monoisotopic (exact) mass is 169 g/mol. The summed E-state index contributed by atoms with van der Waals surface area (Å²) in [5, 5.41) is 3.48. The van der Waals surface area contributed by atoms with Crippen LogP contribution in [0.15, 0.2) is 11.6 Å². The molecule has 2 nitrogen and oxygen atoms in total. The molecule has 1 N–H and O–H groups in total. The normalized spacial score (nSPS) is 38.3. The molecule has 3 unspecified atom stereocenters. The van der Waals surface area contributed by atoms with Crippen LogP contribution in [0.5, 0.6) is 0 Å². The smallest absolute Gasteiger partial charge is 0.0742 e. The van der Waals surface area contributed by atoms with Crippen LogP contribution in [0.25, 0.3) is 0 Å². The lowest BCUT2D eigenvalue weighted by Gasteiger charge is -2.34. The van der Waals surface area contributed by atoms with Crippen LogP contribution in [0.4, 0.5) is 0 Å². The largest absolute Gasteiger partial charge is 0.372 e. The summed E-state index contributed by atoms with van der Waals surface area (Å²) >= 11 is 0. The van der Waals surface area contributed by atoms with Gasteiger partial charge in [0.15, 0.2) is 0 Å². The zero-order valence-electron chi connectivity index (χ0n) is 8.42. The maximum atomic E-state index is 5.72. The molecule has 1 saturated heterocycles. The highest BCUT2D eigenvalue weighted by Gasteiger charge is 2.25. The third-order valence-corrected chi connectivity index (χ3v) is 2.49. The summed E-state index contributed by atoms with van der Waals surface area (Å²) in [6, 6.07) is 0.409. The van der Waals surface area contributed by atoms with E-state index in [2.05, 4.69) is 39.1 Å². The zero-order chi connectivity index (χ0) is 9.14. The van der Waals surface area contributed by atoms with Gasteiger partial charge in [0.05, 0.1) is 18.2 Å². The second-order valence-corrected chi connectivity index (χ2v) is 3.57. The molecule has 0 radical (unpaired) electrons. The van der Waals surface area contributed by atoms with E-state index in [9.17, 15) is 0 Å². The average molecular weight is 169 g/mol. The predicted octanol–water partition coefficient (Wildman–Crippen LogP) is 1.72. The Bertz CT molecular complexity index is 177. The van der Waals surface area contributed by atoms with Crippen LogP contribution >= 0.6 is 0 Å². The second kappa shape index (κ2) is 4.06. The Morgan fingerprint density at radius 1 is 1.50 bits per heavy atom. The number of hydrogen-bond acceptors (Lipinski definition) is 2. The Morgan fingerprint density at radius 3 is 2.67 bits per heavy atom. The SMILES string of the molecule is CC=C(C)C1NCC(C)OC1C. The van der Waals surface area contributed by atoms with Crippen LogP contribution in [0, 0.1) is 0 Å². The standard InChI is InChI=1S/C10H19NO/c1-5-7(2)10-9(4)12-8(3)6-11-10/h5,8-11H,6H2,1-4H3. The fourth-order valence-corrected chi connectivity index (χ4v) is 1.66. The first-order valence-electron chi connectivity index (χ1n) is 4.66. The summed E-state index contributed by atoms with van der Waals surface area (Å²) in [6.45, 7) is 9.40. The lowest BCUT2D eigenvalue weighted by atomic mass is 10.0. The summed E-state index contributed by atoms with van der Waals surface area (Å²) < 4.78 is 5.72. The molecule has 70 valence electrons. The summed E-state index contributed by atoms with van der Waals surface area (Å²) in [6.07, 6.45) is 2.79. The molecule has 0 aliphatic carbocycles. The van der Waals surface area contributed by atoms with E-state index < -0.39 is 0 Å². The molecule has 0 spiro atoms. The zero-order valence-corrected chi connectivity index (χ0v) is 8.42. The predicted molar refractivity (Wildman–Crippen MR) is 51.2 cm³/mol. The molecule has 0 amide bonds. The molecule has 0 bridgehead atoms. The van der Waals surface area contributed by atoms with Gasteiger partial charge in [-0.3, -0.25) is 0 Å². The minimum atomic E-state index is 0.296. The van der Waals surface area contributed by atoms with Crippen molar-refractivity contribution in [2.45, 2.75) is 45.9 Å². The molecule has 0 saturated carbocycles. The maximum Gasteiger partial charge on any atom is 0.0742 e. The van der Waals surface area contributed by atoms with Crippen LogP contribution in [0.3, 0.4) is 0 Å². The molecule has 0 aromatic heterocycles. The van der Waals surface area contributed by atoms with Gasteiger partial charge in [-0.05, 0) is 27.7 Å². The first-order chi connectivity index (χ1) is 5.65. The van der Waals surface area contributed by atoms with Gasteiger partial charge < -0.3 is 10.1 Å². The van der Waals surface area contributed by atoms with Crippen molar-refractivity contribution in [1.29, 1.82) is 0 Å². The number of hydrogen-bond donors (Lipinski definition) is 1. The van der Waals surface area contributed by atoms with Crippen molar-refractivity contribution >= 4 is 0 Å². The summed E-state index contributed by atoms with van der Waals surface area (Å²) in [7, 11) is 0. The molecule has 1 rings (SSSR count). The highest BCUT2D eigenvalue weighted by Crippen LogP contribution is 2.15. The van der Waals surface area contributed by atoms with E-state index in [0.29, 0.717) is 18.2 Å². The summed E-state index contributed by atoms with van der Waals surface area (Å²) in [4.78, 5) is 0. The van der Waals surface area contributed by atoms with Crippen LogP contribution in [0.2, 0.25) is 0 Å². The molecule has 1 heterocycles. The van der Waals surface area contributed by atoms with Gasteiger partial charge in [-0.2, -0.15) is 0 Å². The molecule has 2 heteroatoms. The summed E-state index contributed by atoms with van der Waals surface area (Å²) in [5.74, 6) is 0. The van der Waals surface area contributed by atoms with Crippen molar-refractivity contribution in [3.8, 4) is 0 Å². The fraction of sp³-hybridized carbons (Fsp3) is 0.800. The van der Waals surface area contributed by atoms with Crippen molar-refractivity contribution in [3.05, 3.63) is 11.6 Å². The molecule has 0 aromatic rings. The number of ether oxygens (including phenoxy) is 1. The number of rotatable bonds is 1. The first kappa shape index (κ1) is 9.75. The fourth-order valence-electron chi connectivity index (χ4n) is 1.66. The topological polar surface area (TPSA) is 21.3 Å². The molecule has 3 atom stereocenters. The van der Waals surface area contributed by atoms with E-state index >= 15 is 0 Å². The lowest BCUT2D eigenvalue weighted by molar-refractivity contribution is -0.0356. The van der Waals surface area contributed by atoms with Gasteiger partial charge in [0, 0.05) is 6.54 Å². The van der Waals surface area contributed by atoms with Crippen molar-refractivity contribution in [2.24, 2.45) is 0 Å². The van der Waals surface area contributed by atoms with Crippen LogP contribution in [-0.4, -0.2) is 24.8 Å². The van der Waals surface area contributed by atoms with E-state index in [1.165, 1.54) is 5.57 Å². The minimum absolute atomic E-state index is 0.296. The van der Waals surface area contributed by atoms with Gasteiger partial charge in [-0.25, -0.2) is 0 Å². The first-order valence-corrected chi connectivity index (χ1v) is 4.66. The number of allylic oxidation sites excluding steroid dienone is 1.